The van der Waals surface area contributed by atoms with Crippen molar-refractivity contribution < 1.29 is 4.79 Å². The first-order valence-electron chi connectivity index (χ1n) is 10.5. The van der Waals surface area contributed by atoms with Gasteiger partial charge in [-0.1, -0.05) is 17.3 Å². The van der Waals surface area contributed by atoms with E-state index in [9.17, 15) is 4.79 Å². The summed E-state index contributed by atoms with van der Waals surface area (Å²) in [5, 5.41) is 8.32. The predicted molar refractivity (Wildman–Crippen MR) is 121 cm³/mol. The van der Waals surface area contributed by atoms with E-state index < -0.39 is 0 Å². The molecule has 3 heterocycles. The maximum Gasteiger partial charge on any atom is 0.253 e. The molecule has 7 nitrogen and oxygen atoms in total. The quantitative estimate of drug-likeness (QED) is 0.516. The molecule has 31 heavy (non-hydrogen) atoms. The van der Waals surface area contributed by atoms with Crippen LogP contribution in [0.2, 0.25) is 0 Å². The molecule has 2 aromatic heterocycles. The number of pyridine rings is 1. The molecule has 0 unspecified atom stereocenters. The van der Waals surface area contributed by atoms with Crippen molar-refractivity contribution in [3.8, 4) is 5.69 Å². The summed E-state index contributed by atoms with van der Waals surface area (Å²) in [6, 6.07) is 17.7. The van der Waals surface area contributed by atoms with Gasteiger partial charge in [0.1, 0.15) is 5.52 Å². The number of piperazine rings is 1. The monoisotopic (exact) mass is 412 g/mol. The molecule has 4 aromatic rings. The number of benzene rings is 2. The summed E-state index contributed by atoms with van der Waals surface area (Å²) in [6.07, 6.45) is 1.72. The average molecular weight is 412 g/mol. The second-order valence-corrected chi connectivity index (χ2v) is 7.96. The molecule has 1 aliphatic heterocycles. The topological polar surface area (TPSA) is 67.2 Å². The lowest BCUT2D eigenvalue weighted by Crippen LogP contribution is -2.49. The van der Waals surface area contributed by atoms with Gasteiger partial charge >= 0.3 is 0 Å². The lowest BCUT2D eigenvalue weighted by Gasteiger charge is -2.37. The van der Waals surface area contributed by atoms with E-state index in [0.29, 0.717) is 24.3 Å². The first kappa shape index (κ1) is 19.2. The Kier molecular flexibility index (Phi) is 4.86. The third-order valence-corrected chi connectivity index (χ3v) is 5.84. The fourth-order valence-corrected chi connectivity index (χ4v) is 4.08. The van der Waals surface area contributed by atoms with E-state index in [4.69, 9.17) is 0 Å². The highest BCUT2D eigenvalue weighted by atomic mass is 16.2. The lowest BCUT2D eigenvalue weighted by atomic mass is 10.1. The van der Waals surface area contributed by atoms with Crippen LogP contribution >= 0.6 is 0 Å². The van der Waals surface area contributed by atoms with Crippen LogP contribution in [0.4, 0.5) is 5.69 Å². The van der Waals surface area contributed by atoms with Crippen LogP contribution in [0.3, 0.4) is 0 Å². The number of hydrogen-bond acceptors (Lipinski definition) is 5. The fraction of sp³-hybridized carbons (Fsp3) is 0.250. The Balaban J connectivity index is 1.28. The molecule has 1 amide bonds. The molecule has 1 aliphatic rings. The Morgan fingerprint density at radius 3 is 2.48 bits per heavy atom. The van der Waals surface area contributed by atoms with Crippen LogP contribution in [0.5, 0.6) is 0 Å². The largest absolute Gasteiger partial charge is 0.368 e. The molecule has 5 rings (SSSR count). The number of carbonyl (C=O) groups is 1. The predicted octanol–water partition coefficient (Wildman–Crippen LogP) is 3.39. The molecule has 7 heteroatoms. The molecule has 0 N–H and O–H groups in total. The number of aromatic nitrogens is 4. The molecule has 0 aliphatic carbocycles. The molecule has 0 spiro atoms. The minimum atomic E-state index is 0.0636. The SMILES string of the molecule is Cc1ccc(C)c(N2CCN(C(=O)c3ccc(-n4nnc5cccnc54)cc3)CC2)c1. The van der Waals surface area contributed by atoms with Gasteiger partial charge in [0.25, 0.3) is 5.91 Å². The van der Waals surface area contributed by atoms with Crippen molar-refractivity contribution in [2.24, 2.45) is 0 Å². The number of nitrogens with zero attached hydrogens (tertiary/aromatic N) is 6. The van der Waals surface area contributed by atoms with E-state index in [1.54, 1.807) is 10.9 Å². The molecule has 0 saturated carbocycles. The summed E-state index contributed by atoms with van der Waals surface area (Å²) in [7, 11) is 0. The maximum atomic E-state index is 13.0. The second kappa shape index (κ2) is 7.83. The zero-order valence-electron chi connectivity index (χ0n) is 17.7. The summed E-state index contributed by atoms with van der Waals surface area (Å²) in [5.41, 5.74) is 6.75. The zero-order chi connectivity index (χ0) is 21.4. The minimum Gasteiger partial charge on any atom is -0.368 e. The minimum absolute atomic E-state index is 0.0636. The summed E-state index contributed by atoms with van der Waals surface area (Å²) >= 11 is 0. The number of fused-ring (bicyclic) bond motifs is 1. The third-order valence-electron chi connectivity index (χ3n) is 5.84. The van der Waals surface area contributed by atoms with Gasteiger partial charge in [-0.05, 0) is 67.4 Å². The Hall–Kier alpha value is -3.74. The van der Waals surface area contributed by atoms with E-state index in [-0.39, 0.29) is 5.91 Å². The van der Waals surface area contributed by atoms with Gasteiger partial charge in [0.15, 0.2) is 5.65 Å². The standard InChI is InChI=1S/C24H24N6O/c1-17-5-6-18(2)22(16-17)28-12-14-29(15-13-28)24(31)19-7-9-20(10-8-19)30-23-21(26-27-30)4-3-11-25-23/h3-11,16H,12-15H2,1-2H3. The van der Waals surface area contributed by atoms with Crippen molar-refractivity contribution in [1.82, 2.24) is 24.9 Å². The van der Waals surface area contributed by atoms with Crippen molar-refractivity contribution >= 4 is 22.8 Å². The molecule has 1 saturated heterocycles. The van der Waals surface area contributed by atoms with Crippen LogP contribution in [-0.2, 0) is 0 Å². The number of carbonyl (C=O) groups excluding carboxylic acids is 1. The molecule has 156 valence electrons. The molecular weight excluding hydrogens is 388 g/mol. The molecule has 0 bridgehead atoms. The molecule has 1 fully saturated rings. The number of amides is 1. The molecular formula is C24H24N6O. The smallest absolute Gasteiger partial charge is 0.253 e. The Morgan fingerprint density at radius 1 is 0.935 bits per heavy atom. The van der Waals surface area contributed by atoms with Crippen molar-refractivity contribution in [3.63, 3.8) is 0 Å². The highest BCUT2D eigenvalue weighted by Crippen LogP contribution is 2.23. The van der Waals surface area contributed by atoms with E-state index in [0.717, 1.165) is 24.3 Å². The van der Waals surface area contributed by atoms with Crippen molar-refractivity contribution in [2.45, 2.75) is 13.8 Å². The zero-order valence-corrected chi connectivity index (χ0v) is 17.7. The van der Waals surface area contributed by atoms with Crippen molar-refractivity contribution in [2.75, 3.05) is 31.1 Å². The van der Waals surface area contributed by atoms with Gasteiger partial charge in [-0.25, -0.2) is 4.98 Å². The van der Waals surface area contributed by atoms with Crippen LogP contribution in [0.1, 0.15) is 21.5 Å². The highest BCUT2D eigenvalue weighted by Gasteiger charge is 2.23. The second-order valence-electron chi connectivity index (χ2n) is 7.96. The summed E-state index contributed by atoms with van der Waals surface area (Å²) < 4.78 is 1.69. The van der Waals surface area contributed by atoms with Crippen LogP contribution in [0.15, 0.2) is 60.8 Å². The average Bonchev–Trinajstić information content (AvgIpc) is 3.25. The fourth-order valence-electron chi connectivity index (χ4n) is 4.08. The molecule has 0 atom stereocenters. The van der Waals surface area contributed by atoms with Crippen LogP contribution in [0, 0.1) is 13.8 Å². The Labute approximate surface area is 180 Å². The Bertz CT molecular complexity index is 1240. The summed E-state index contributed by atoms with van der Waals surface area (Å²) in [6.45, 7) is 7.36. The van der Waals surface area contributed by atoms with Crippen molar-refractivity contribution in [1.29, 1.82) is 0 Å². The molecule has 2 aromatic carbocycles. The highest BCUT2D eigenvalue weighted by molar-refractivity contribution is 5.94. The van der Waals surface area contributed by atoms with Gasteiger partial charge < -0.3 is 9.80 Å². The van der Waals surface area contributed by atoms with Crippen LogP contribution < -0.4 is 4.90 Å². The third kappa shape index (κ3) is 3.63. The van der Waals surface area contributed by atoms with Gasteiger partial charge in [0.2, 0.25) is 0 Å². The maximum absolute atomic E-state index is 13.0. The van der Waals surface area contributed by atoms with E-state index in [1.807, 2.05) is 41.3 Å². The number of anilines is 1. The van der Waals surface area contributed by atoms with Crippen LogP contribution in [0.25, 0.3) is 16.9 Å². The Morgan fingerprint density at radius 2 is 1.71 bits per heavy atom. The van der Waals surface area contributed by atoms with Gasteiger partial charge in [0, 0.05) is 43.6 Å². The van der Waals surface area contributed by atoms with Gasteiger partial charge in [-0.2, -0.15) is 4.68 Å². The van der Waals surface area contributed by atoms with E-state index in [2.05, 4.69) is 52.2 Å². The summed E-state index contributed by atoms with van der Waals surface area (Å²) in [4.78, 5) is 21.7. The summed E-state index contributed by atoms with van der Waals surface area (Å²) in [5.74, 6) is 0.0636. The first-order valence-corrected chi connectivity index (χ1v) is 10.5. The van der Waals surface area contributed by atoms with Crippen molar-refractivity contribution in [3.05, 3.63) is 77.5 Å². The van der Waals surface area contributed by atoms with Gasteiger partial charge in [0.05, 0.1) is 5.69 Å². The normalized spacial score (nSPS) is 14.3. The number of hydrogen-bond donors (Lipinski definition) is 0. The van der Waals surface area contributed by atoms with Gasteiger partial charge in [-0.15, -0.1) is 5.10 Å². The van der Waals surface area contributed by atoms with Crippen LogP contribution in [-0.4, -0.2) is 57.0 Å². The van der Waals surface area contributed by atoms with E-state index >= 15 is 0 Å². The van der Waals surface area contributed by atoms with Gasteiger partial charge in [-0.3, -0.25) is 4.79 Å². The number of aryl methyl sites for hydroxylation is 2. The molecule has 0 radical (unpaired) electrons. The lowest BCUT2D eigenvalue weighted by molar-refractivity contribution is 0.0747. The van der Waals surface area contributed by atoms with E-state index in [1.165, 1.54) is 16.8 Å². The number of rotatable bonds is 3. The first-order chi connectivity index (χ1) is 15.1.